The van der Waals surface area contributed by atoms with E-state index >= 15 is 0 Å². The number of benzene rings is 1. The standard InChI is InChI=1S/C17H20N4O3/c18-13(22)16(5-6-16)15(24)21-9-7-17(8-10-21)14(23)19-11-3-1-2-4-12(11)20-17/h1-4,20H,5-10H2,(H2,18,22)(H,19,23). The van der Waals surface area contributed by atoms with Crippen molar-refractivity contribution >= 4 is 29.1 Å². The second-order valence-electron chi connectivity index (χ2n) is 6.95. The van der Waals surface area contributed by atoms with Crippen LogP contribution in [0.4, 0.5) is 11.4 Å². The molecular weight excluding hydrogens is 308 g/mol. The number of hydrogen-bond acceptors (Lipinski definition) is 4. The van der Waals surface area contributed by atoms with Crippen LogP contribution < -0.4 is 16.4 Å². The summed E-state index contributed by atoms with van der Waals surface area (Å²) in [4.78, 5) is 38.4. The Kier molecular flexibility index (Phi) is 3.10. The zero-order valence-electron chi connectivity index (χ0n) is 13.3. The number of anilines is 2. The lowest BCUT2D eigenvalue weighted by Crippen LogP contribution is -2.60. The summed E-state index contributed by atoms with van der Waals surface area (Å²) in [5, 5.41) is 6.30. The van der Waals surface area contributed by atoms with Crippen molar-refractivity contribution < 1.29 is 14.4 Å². The molecule has 3 amide bonds. The molecular formula is C17H20N4O3. The number of nitrogens with zero attached hydrogens (tertiary/aromatic N) is 1. The number of carbonyl (C=O) groups is 3. The fraction of sp³-hybridized carbons (Fsp3) is 0.471. The van der Waals surface area contributed by atoms with Crippen molar-refractivity contribution in [2.45, 2.75) is 31.2 Å². The third-order valence-electron chi connectivity index (χ3n) is 5.52. The molecule has 1 saturated heterocycles. The van der Waals surface area contributed by atoms with E-state index in [-0.39, 0.29) is 11.8 Å². The quantitative estimate of drug-likeness (QED) is 0.694. The molecule has 2 aliphatic heterocycles. The molecule has 126 valence electrons. The monoisotopic (exact) mass is 328 g/mol. The van der Waals surface area contributed by atoms with Crippen LogP contribution in [0.1, 0.15) is 25.7 Å². The van der Waals surface area contributed by atoms with Crippen molar-refractivity contribution in [2.24, 2.45) is 11.1 Å². The van der Waals surface area contributed by atoms with E-state index in [9.17, 15) is 14.4 Å². The van der Waals surface area contributed by atoms with Crippen molar-refractivity contribution in [3.8, 4) is 0 Å². The number of hydrogen-bond donors (Lipinski definition) is 3. The van der Waals surface area contributed by atoms with Gasteiger partial charge in [0.2, 0.25) is 17.7 Å². The Morgan fingerprint density at radius 3 is 2.25 bits per heavy atom. The van der Waals surface area contributed by atoms with Gasteiger partial charge in [0.25, 0.3) is 0 Å². The van der Waals surface area contributed by atoms with Crippen molar-refractivity contribution in [3.63, 3.8) is 0 Å². The Morgan fingerprint density at radius 1 is 1.04 bits per heavy atom. The Balaban J connectivity index is 1.49. The lowest BCUT2D eigenvalue weighted by atomic mass is 9.84. The van der Waals surface area contributed by atoms with Gasteiger partial charge < -0.3 is 21.3 Å². The number of nitrogens with two attached hydrogens (primary N) is 1. The van der Waals surface area contributed by atoms with Crippen LogP contribution in [-0.2, 0) is 14.4 Å². The molecule has 2 fully saturated rings. The van der Waals surface area contributed by atoms with Crippen LogP contribution in [0.2, 0.25) is 0 Å². The summed E-state index contributed by atoms with van der Waals surface area (Å²) in [6.07, 6.45) is 2.09. The first kappa shape index (κ1) is 15.0. The highest BCUT2D eigenvalue weighted by Gasteiger charge is 2.58. The first-order valence-electron chi connectivity index (χ1n) is 8.25. The molecule has 0 bridgehead atoms. The van der Waals surface area contributed by atoms with Gasteiger partial charge in [-0.3, -0.25) is 14.4 Å². The van der Waals surface area contributed by atoms with E-state index in [1.165, 1.54) is 0 Å². The van der Waals surface area contributed by atoms with Crippen molar-refractivity contribution in [1.82, 2.24) is 4.90 Å². The number of nitrogens with one attached hydrogen (secondary N) is 2. The van der Waals surface area contributed by atoms with E-state index in [0.717, 1.165) is 11.4 Å². The highest BCUT2D eigenvalue weighted by atomic mass is 16.2. The largest absolute Gasteiger partial charge is 0.369 e. The molecule has 0 unspecified atom stereocenters. The van der Waals surface area contributed by atoms with Crippen molar-refractivity contribution in [3.05, 3.63) is 24.3 Å². The third kappa shape index (κ3) is 2.07. The van der Waals surface area contributed by atoms with E-state index in [1.807, 2.05) is 24.3 Å². The topological polar surface area (TPSA) is 105 Å². The van der Waals surface area contributed by atoms with Gasteiger partial charge in [-0.2, -0.15) is 0 Å². The Labute approximate surface area is 139 Å². The van der Waals surface area contributed by atoms with Crippen LogP contribution in [0, 0.1) is 5.41 Å². The number of likely N-dealkylation sites (tertiary alicyclic amines) is 1. The van der Waals surface area contributed by atoms with E-state index in [2.05, 4.69) is 10.6 Å². The molecule has 24 heavy (non-hydrogen) atoms. The van der Waals surface area contributed by atoms with Gasteiger partial charge in [-0.1, -0.05) is 12.1 Å². The lowest BCUT2D eigenvalue weighted by molar-refractivity contribution is -0.145. The van der Waals surface area contributed by atoms with Gasteiger partial charge in [-0.15, -0.1) is 0 Å². The van der Waals surface area contributed by atoms with E-state index in [1.54, 1.807) is 4.90 Å². The van der Waals surface area contributed by atoms with Gasteiger partial charge in [0, 0.05) is 13.1 Å². The number of para-hydroxylation sites is 2. The number of amides is 3. The average Bonchev–Trinajstić information content (AvgIpc) is 3.38. The lowest BCUT2D eigenvalue weighted by Gasteiger charge is -2.44. The van der Waals surface area contributed by atoms with E-state index in [0.29, 0.717) is 38.8 Å². The Bertz CT molecular complexity index is 733. The Morgan fingerprint density at radius 2 is 1.67 bits per heavy atom. The molecule has 1 aromatic rings. The predicted molar refractivity (Wildman–Crippen MR) is 88.1 cm³/mol. The minimum Gasteiger partial charge on any atom is -0.369 e. The number of carbonyl (C=O) groups excluding carboxylic acids is 3. The normalized spacial score (nSPS) is 23.0. The molecule has 1 aliphatic carbocycles. The summed E-state index contributed by atoms with van der Waals surface area (Å²) in [5.74, 6) is -0.777. The van der Waals surface area contributed by atoms with E-state index in [4.69, 9.17) is 5.73 Å². The molecule has 1 saturated carbocycles. The maximum Gasteiger partial charge on any atom is 0.250 e. The van der Waals surface area contributed by atoms with Gasteiger partial charge in [0.1, 0.15) is 11.0 Å². The summed E-state index contributed by atoms with van der Waals surface area (Å²) >= 11 is 0. The fourth-order valence-electron chi connectivity index (χ4n) is 3.69. The highest BCUT2D eigenvalue weighted by molar-refractivity contribution is 6.08. The predicted octanol–water partition coefficient (Wildman–Crippen LogP) is 0.677. The van der Waals surface area contributed by atoms with E-state index < -0.39 is 16.9 Å². The number of fused-ring (bicyclic) bond motifs is 1. The summed E-state index contributed by atoms with van der Waals surface area (Å²) in [7, 11) is 0. The van der Waals surface area contributed by atoms with Gasteiger partial charge in [-0.05, 0) is 37.8 Å². The van der Waals surface area contributed by atoms with Crippen molar-refractivity contribution in [2.75, 3.05) is 23.7 Å². The van der Waals surface area contributed by atoms with Crippen LogP contribution in [0.15, 0.2) is 24.3 Å². The second-order valence-corrected chi connectivity index (χ2v) is 6.95. The molecule has 1 aromatic carbocycles. The zero-order valence-corrected chi connectivity index (χ0v) is 13.3. The minimum atomic E-state index is -0.987. The zero-order chi connectivity index (χ0) is 16.9. The minimum absolute atomic E-state index is 0.0654. The number of piperidine rings is 1. The fourth-order valence-corrected chi connectivity index (χ4v) is 3.69. The van der Waals surface area contributed by atoms with Gasteiger partial charge in [0.15, 0.2) is 0 Å². The average molecular weight is 328 g/mol. The number of rotatable bonds is 2. The third-order valence-corrected chi connectivity index (χ3v) is 5.52. The van der Waals surface area contributed by atoms with Gasteiger partial charge in [0.05, 0.1) is 11.4 Å². The molecule has 0 radical (unpaired) electrons. The van der Waals surface area contributed by atoms with Crippen molar-refractivity contribution in [1.29, 1.82) is 0 Å². The summed E-state index contributed by atoms with van der Waals surface area (Å²) in [6.45, 7) is 0.882. The van der Waals surface area contributed by atoms with Crippen LogP contribution >= 0.6 is 0 Å². The second kappa shape index (κ2) is 4.96. The highest BCUT2D eigenvalue weighted by Crippen LogP contribution is 2.47. The molecule has 7 nitrogen and oxygen atoms in total. The first-order valence-corrected chi connectivity index (χ1v) is 8.25. The molecule has 4 rings (SSSR count). The maximum atomic E-state index is 12.6. The summed E-state index contributed by atoms with van der Waals surface area (Å²) in [5.41, 5.74) is 5.37. The summed E-state index contributed by atoms with van der Waals surface area (Å²) in [6, 6.07) is 7.58. The molecule has 4 N–H and O–H groups in total. The van der Waals surface area contributed by atoms with Crippen LogP contribution in [-0.4, -0.2) is 41.2 Å². The number of primary amides is 1. The SMILES string of the molecule is NC(=O)C1(C(=O)N2CCC3(CC2)Nc2ccccc2NC3=O)CC1. The molecule has 0 aromatic heterocycles. The molecule has 0 atom stereocenters. The van der Waals surface area contributed by atoms with Gasteiger partial charge in [-0.25, -0.2) is 0 Å². The molecule has 7 heteroatoms. The molecule has 1 spiro atoms. The van der Waals surface area contributed by atoms with Crippen LogP contribution in [0.3, 0.4) is 0 Å². The molecule has 2 heterocycles. The molecule has 3 aliphatic rings. The van der Waals surface area contributed by atoms with Crippen LogP contribution in [0.25, 0.3) is 0 Å². The van der Waals surface area contributed by atoms with Crippen LogP contribution in [0.5, 0.6) is 0 Å². The van der Waals surface area contributed by atoms with Gasteiger partial charge >= 0.3 is 0 Å². The first-order chi connectivity index (χ1) is 11.5. The smallest absolute Gasteiger partial charge is 0.250 e. The maximum absolute atomic E-state index is 12.6. The summed E-state index contributed by atoms with van der Waals surface area (Å²) < 4.78 is 0. The Hall–Kier alpha value is -2.57.